The van der Waals surface area contributed by atoms with Crippen LogP contribution in [0.1, 0.15) is 0 Å². The molecule has 0 unspecified atom stereocenters. The van der Waals surface area contributed by atoms with Crippen LogP contribution in [-0.4, -0.2) is 0 Å². The Balaban J connectivity index is 2.19. The fraction of sp³-hybridized carbons (Fsp3) is 0. The molecular formula is C20H14BrN. The van der Waals surface area contributed by atoms with E-state index in [2.05, 4.69) is 70.5 Å². The fourth-order valence-electron chi connectivity index (χ4n) is 3.04. The molecule has 0 aliphatic carbocycles. The number of fused-ring (bicyclic) bond motifs is 3. The van der Waals surface area contributed by atoms with Crippen molar-refractivity contribution in [1.29, 1.82) is 0 Å². The lowest BCUT2D eigenvalue weighted by molar-refractivity contribution is 1.64. The highest BCUT2D eigenvalue weighted by Crippen LogP contribution is 2.37. The van der Waals surface area contributed by atoms with Crippen LogP contribution in [0.25, 0.3) is 32.7 Å². The third-order valence-electron chi connectivity index (χ3n) is 4.07. The summed E-state index contributed by atoms with van der Waals surface area (Å²) in [6.07, 6.45) is 0. The lowest BCUT2D eigenvalue weighted by Crippen LogP contribution is -1.91. The van der Waals surface area contributed by atoms with Crippen molar-refractivity contribution in [1.82, 2.24) is 0 Å². The summed E-state index contributed by atoms with van der Waals surface area (Å²) in [6, 6.07) is 25.2. The first-order chi connectivity index (χ1) is 10.7. The fourth-order valence-corrected chi connectivity index (χ4v) is 3.40. The summed E-state index contributed by atoms with van der Waals surface area (Å²) in [5.74, 6) is 0. The van der Waals surface area contributed by atoms with Gasteiger partial charge in [0.15, 0.2) is 0 Å². The second-order valence-electron chi connectivity index (χ2n) is 5.42. The van der Waals surface area contributed by atoms with Gasteiger partial charge in [0.05, 0.1) is 0 Å². The van der Waals surface area contributed by atoms with Gasteiger partial charge in [-0.15, -0.1) is 0 Å². The zero-order valence-corrected chi connectivity index (χ0v) is 13.5. The molecule has 2 heteroatoms. The molecule has 0 aliphatic heterocycles. The maximum Gasteiger partial charge on any atom is 0.0393 e. The summed E-state index contributed by atoms with van der Waals surface area (Å²) in [4.78, 5) is 0. The van der Waals surface area contributed by atoms with Crippen molar-refractivity contribution in [2.45, 2.75) is 0 Å². The Hall–Kier alpha value is -2.32. The molecule has 2 N–H and O–H groups in total. The molecule has 0 radical (unpaired) electrons. The second-order valence-corrected chi connectivity index (χ2v) is 6.34. The van der Waals surface area contributed by atoms with E-state index in [1.165, 1.54) is 27.1 Å². The van der Waals surface area contributed by atoms with Crippen LogP contribution in [0, 0.1) is 0 Å². The van der Waals surface area contributed by atoms with Crippen molar-refractivity contribution in [2.75, 3.05) is 5.73 Å². The minimum atomic E-state index is 0.809. The van der Waals surface area contributed by atoms with Gasteiger partial charge in [0.2, 0.25) is 0 Å². The van der Waals surface area contributed by atoms with Crippen LogP contribution in [0.4, 0.5) is 5.69 Å². The molecule has 0 saturated heterocycles. The van der Waals surface area contributed by atoms with Crippen molar-refractivity contribution < 1.29 is 0 Å². The maximum atomic E-state index is 6.20. The highest BCUT2D eigenvalue weighted by molar-refractivity contribution is 9.10. The Morgan fingerprint density at radius 2 is 1.36 bits per heavy atom. The number of nitrogen functional groups attached to an aromatic ring is 1. The Bertz CT molecular complexity index is 1000. The Labute approximate surface area is 137 Å². The van der Waals surface area contributed by atoms with Crippen molar-refractivity contribution in [2.24, 2.45) is 0 Å². The second kappa shape index (κ2) is 5.15. The van der Waals surface area contributed by atoms with Crippen LogP contribution in [0.15, 0.2) is 77.3 Å². The van der Waals surface area contributed by atoms with Crippen molar-refractivity contribution in [3.63, 3.8) is 0 Å². The van der Waals surface area contributed by atoms with E-state index >= 15 is 0 Å². The Morgan fingerprint density at radius 3 is 2.18 bits per heavy atom. The van der Waals surface area contributed by atoms with Crippen LogP contribution in [0.2, 0.25) is 0 Å². The summed E-state index contributed by atoms with van der Waals surface area (Å²) >= 11 is 3.57. The molecule has 0 aromatic heterocycles. The molecule has 1 nitrogen and oxygen atoms in total. The lowest BCUT2D eigenvalue weighted by atomic mass is 9.93. The normalized spacial score (nSPS) is 11.1. The van der Waals surface area contributed by atoms with E-state index < -0.39 is 0 Å². The van der Waals surface area contributed by atoms with E-state index in [1.807, 2.05) is 18.2 Å². The standard InChI is InChI=1S/C20H14BrN/c21-14-10-9-13-11-19(17-7-3-4-8-20(17)22)16-6-2-1-5-15(16)18(13)12-14/h1-12H,22H2. The minimum Gasteiger partial charge on any atom is -0.398 e. The molecule has 0 heterocycles. The monoisotopic (exact) mass is 347 g/mol. The van der Waals surface area contributed by atoms with E-state index in [-0.39, 0.29) is 0 Å². The maximum absolute atomic E-state index is 6.20. The highest BCUT2D eigenvalue weighted by Gasteiger charge is 2.10. The first kappa shape index (κ1) is 13.4. The van der Waals surface area contributed by atoms with Gasteiger partial charge < -0.3 is 5.73 Å². The largest absolute Gasteiger partial charge is 0.398 e. The van der Waals surface area contributed by atoms with E-state index in [0.29, 0.717) is 0 Å². The summed E-state index contributed by atoms with van der Waals surface area (Å²) < 4.78 is 1.09. The van der Waals surface area contributed by atoms with Gasteiger partial charge in [-0.1, -0.05) is 64.5 Å². The van der Waals surface area contributed by atoms with Crippen LogP contribution in [0.3, 0.4) is 0 Å². The summed E-state index contributed by atoms with van der Waals surface area (Å²) in [5.41, 5.74) is 9.28. The number of hydrogen-bond donors (Lipinski definition) is 1. The van der Waals surface area contributed by atoms with Crippen molar-refractivity contribution >= 4 is 43.2 Å². The predicted molar refractivity (Wildman–Crippen MR) is 99.0 cm³/mol. The van der Waals surface area contributed by atoms with Crippen LogP contribution in [0.5, 0.6) is 0 Å². The topological polar surface area (TPSA) is 26.0 Å². The number of halogens is 1. The first-order valence-corrected chi connectivity index (χ1v) is 7.99. The van der Waals surface area contributed by atoms with E-state index in [9.17, 15) is 0 Å². The van der Waals surface area contributed by atoms with Crippen molar-refractivity contribution in [3.05, 3.63) is 77.3 Å². The average molecular weight is 348 g/mol. The number of para-hydroxylation sites is 1. The highest BCUT2D eigenvalue weighted by atomic mass is 79.9. The van der Waals surface area contributed by atoms with Gasteiger partial charge >= 0.3 is 0 Å². The number of hydrogen-bond acceptors (Lipinski definition) is 1. The Morgan fingerprint density at radius 1 is 0.636 bits per heavy atom. The molecule has 4 rings (SSSR count). The predicted octanol–water partition coefficient (Wildman–Crippen LogP) is 6.00. The summed E-state index contributed by atoms with van der Waals surface area (Å²) in [5, 5.41) is 4.95. The SMILES string of the molecule is Nc1ccccc1-c1cc2ccc(Br)cc2c2ccccc12. The number of benzene rings is 4. The molecule has 0 spiro atoms. The molecule has 0 fully saturated rings. The minimum absolute atomic E-state index is 0.809. The molecule has 4 aromatic rings. The van der Waals surface area contributed by atoms with Gasteiger partial charge in [-0.2, -0.15) is 0 Å². The molecule has 106 valence electrons. The molecule has 0 atom stereocenters. The molecule has 0 saturated carbocycles. The zero-order valence-electron chi connectivity index (χ0n) is 11.9. The third kappa shape index (κ3) is 2.08. The molecule has 0 amide bonds. The van der Waals surface area contributed by atoms with Gasteiger partial charge in [-0.3, -0.25) is 0 Å². The summed E-state index contributed by atoms with van der Waals surface area (Å²) in [6.45, 7) is 0. The smallest absolute Gasteiger partial charge is 0.0393 e. The summed E-state index contributed by atoms with van der Waals surface area (Å²) in [7, 11) is 0. The molecular weight excluding hydrogens is 334 g/mol. The van der Waals surface area contributed by atoms with Gasteiger partial charge in [0.25, 0.3) is 0 Å². The lowest BCUT2D eigenvalue weighted by Gasteiger charge is -2.13. The van der Waals surface area contributed by atoms with Crippen LogP contribution < -0.4 is 5.73 Å². The Kier molecular flexibility index (Phi) is 3.12. The molecule has 0 bridgehead atoms. The number of nitrogens with two attached hydrogens (primary N) is 1. The van der Waals surface area contributed by atoms with Gasteiger partial charge in [-0.05, 0) is 51.4 Å². The zero-order chi connectivity index (χ0) is 15.1. The van der Waals surface area contributed by atoms with Gasteiger partial charge in [0.1, 0.15) is 0 Å². The average Bonchev–Trinajstić information content (AvgIpc) is 2.55. The quantitative estimate of drug-likeness (QED) is 0.331. The first-order valence-electron chi connectivity index (χ1n) is 7.20. The van der Waals surface area contributed by atoms with Crippen LogP contribution >= 0.6 is 15.9 Å². The van der Waals surface area contributed by atoms with E-state index in [0.717, 1.165) is 15.7 Å². The van der Waals surface area contributed by atoms with Crippen LogP contribution in [-0.2, 0) is 0 Å². The molecule has 22 heavy (non-hydrogen) atoms. The van der Waals surface area contributed by atoms with E-state index in [4.69, 9.17) is 5.73 Å². The van der Waals surface area contributed by atoms with E-state index in [1.54, 1.807) is 0 Å². The number of anilines is 1. The molecule has 4 aromatic carbocycles. The third-order valence-corrected chi connectivity index (χ3v) is 4.57. The van der Waals surface area contributed by atoms with Gasteiger partial charge in [-0.25, -0.2) is 0 Å². The van der Waals surface area contributed by atoms with Gasteiger partial charge in [0, 0.05) is 15.7 Å². The van der Waals surface area contributed by atoms with Crippen molar-refractivity contribution in [3.8, 4) is 11.1 Å². The number of rotatable bonds is 1. The molecule has 0 aliphatic rings.